The van der Waals surface area contributed by atoms with Crippen LogP contribution in [0.15, 0.2) is 23.6 Å². The van der Waals surface area contributed by atoms with E-state index < -0.39 is 6.10 Å². The molecule has 0 radical (unpaired) electrons. The minimum Gasteiger partial charge on any atom is -0.368 e. The summed E-state index contributed by atoms with van der Waals surface area (Å²) in [7, 11) is 2.01. The van der Waals surface area contributed by atoms with Crippen LogP contribution in [0.4, 0.5) is 5.69 Å². The molecule has 1 aromatic carbocycles. The van der Waals surface area contributed by atoms with Gasteiger partial charge < -0.3 is 19.5 Å². The molecule has 2 amide bonds. The highest BCUT2D eigenvalue weighted by molar-refractivity contribution is 7.10. The van der Waals surface area contributed by atoms with Gasteiger partial charge in [0.2, 0.25) is 0 Å². The molecule has 1 saturated heterocycles. The number of aromatic nitrogens is 2. The lowest BCUT2D eigenvalue weighted by atomic mass is 9.85. The van der Waals surface area contributed by atoms with Crippen molar-refractivity contribution in [3.8, 4) is 0 Å². The highest BCUT2D eigenvalue weighted by atomic mass is 32.1. The van der Waals surface area contributed by atoms with E-state index in [1.54, 1.807) is 11.3 Å². The molecule has 6 rings (SSSR count). The summed E-state index contributed by atoms with van der Waals surface area (Å²) in [6.45, 7) is 1.95. The molecule has 2 aromatic heterocycles. The molecule has 1 N–H and O–H groups in total. The van der Waals surface area contributed by atoms with E-state index in [9.17, 15) is 9.59 Å². The SMILES string of the molecule is Cn1c(C2CCC2)nc2cc(C(=O)N3CCc4sccc4C3)cc(NC(=O)[C@H]3CCCO3)c21. The number of hydrogen-bond donors (Lipinski definition) is 1. The number of rotatable bonds is 4. The topological polar surface area (TPSA) is 76.5 Å². The third-order valence-electron chi connectivity index (χ3n) is 7.30. The fourth-order valence-electron chi connectivity index (χ4n) is 5.22. The van der Waals surface area contributed by atoms with Crippen LogP contribution in [0, 0.1) is 0 Å². The Labute approximate surface area is 196 Å². The number of nitrogens with zero attached hydrogens (tertiary/aromatic N) is 3. The summed E-state index contributed by atoms with van der Waals surface area (Å²) in [5.41, 5.74) is 4.09. The van der Waals surface area contributed by atoms with Crippen LogP contribution in [-0.2, 0) is 29.5 Å². The predicted octanol–water partition coefficient (Wildman–Crippen LogP) is 4.22. The standard InChI is InChI=1S/C25H28N4O3S/c1-28-22-18(26-23(28)15-4-2-5-15)12-17(13-19(22)27-24(30)20-6-3-10-32-20)25(31)29-9-7-21-16(14-29)8-11-33-21/h8,11-13,15,20H,2-7,9-10,14H2,1H3,(H,27,30)/t20-/m1/s1. The molecule has 0 spiro atoms. The summed E-state index contributed by atoms with van der Waals surface area (Å²) in [5.74, 6) is 1.32. The number of imidazole rings is 1. The molecule has 0 unspecified atom stereocenters. The lowest BCUT2D eigenvalue weighted by molar-refractivity contribution is -0.124. The van der Waals surface area contributed by atoms with Crippen LogP contribution < -0.4 is 5.32 Å². The van der Waals surface area contributed by atoms with Crippen molar-refractivity contribution >= 4 is 39.9 Å². The number of nitrogens with one attached hydrogen (secondary N) is 1. The third kappa shape index (κ3) is 3.65. The molecule has 8 heteroatoms. The van der Waals surface area contributed by atoms with Crippen molar-refractivity contribution in [2.24, 2.45) is 7.05 Å². The summed E-state index contributed by atoms with van der Waals surface area (Å²) in [6.07, 6.45) is 5.57. The van der Waals surface area contributed by atoms with Crippen molar-refractivity contribution in [3.63, 3.8) is 0 Å². The van der Waals surface area contributed by atoms with Crippen molar-refractivity contribution in [2.75, 3.05) is 18.5 Å². The first-order valence-corrected chi connectivity index (χ1v) is 12.7. The van der Waals surface area contributed by atoms with Gasteiger partial charge in [-0.25, -0.2) is 4.98 Å². The molecule has 0 bridgehead atoms. The first-order chi connectivity index (χ1) is 16.1. The largest absolute Gasteiger partial charge is 0.368 e. The van der Waals surface area contributed by atoms with Gasteiger partial charge in [-0.2, -0.15) is 0 Å². The summed E-state index contributed by atoms with van der Waals surface area (Å²) in [5, 5.41) is 5.17. The fourth-order valence-corrected chi connectivity index (χ4v) is 6.11. The van der Waals surface area contributed by atoms with Crippen molar-refractivity contribution < 1.29 is 14.3 Å². The van der Waals surface area contributed by atoms with Crippen LogP contribution in [0.2, 0.25) is 0 Å². The monoisotopic (exact) mass is 464 g/mol. The van der Waals surface area contributed by atoms with Gasteiger partial charge in [0, 0.05) is 43.1 Å². The van der Waals surface area contributed by atoms with Crippen LogP contribution in [0.5, 0.6) is 0 Å². The van der Waals surface area contributed by atoms with Gasteiger partial charge in [0.15, 0.2) is 0 Å². The molecular weight excluding hydrogens is 436 g/mol. The molecule has 1 aliphatic carbocycles. The zero-order valence-corrected chi connectivity index (χ0v) is 19.6. The Hall–Kier alpha value is -2.71. The van der Waals surface area contributed by atoms with Crippen LogP contribution >= 0.6 is 11.3 Å². The maximum absolute atomic E-state index is 13.5. The highest BCUT2D eigenvalue weighted by Gasteiger charge is 2.29. The minimum atomic E-state index is -0.433. The Kier molecular flexibility index (Phi) is 5.22. The smallest absolute Gasteiger partial charge is 0.254 e. The number of hydrogen-bond acceptors (Lipinski definition) is 5. The van der Waals surface area contributed by atoms with Gasteiger partial charge in [0.1, 0.15) is 11.9 Å². The minimum absolute atomic E-state index is 0.0165. The fraction of sp³-hybridized carbons (Fsp3) is 0.480. The van der Waals surface area contributed by atoms with E-state index in [1.165, 1.54) is 16.9 Å². The summed E-state index contributed by atoms with van der Waals surface area (Å²) in [6, 6.07) is 5.83. The average molecular weight is 465 g/mol. The number of amides is 2. The van der Waals surface area contributed by atoms with Gasteiger partial charge in [-0.15, -0.1) is 11.3 Å². The zero-order chi connectivity index (χ0) is 22.5. The number of aryl methyl sites for hydroxylation is 1. The second-order valence-corrected chi connectivity index (χ2v) is 10.4. The Morgan fingerprint density at radius 1 is 1.21 bits per heavy atom. The summed E-state index contributed by atoms with van der Waals surface area (Å²) < 4.78 is 7.68. The normalized spacial score (nSPS) is 20.6. The molecule has 33 heavy (non-hydrogen) atoms. The molecular formula is C25H28N4O3S. The molecule has 4 heterocycles. The second kappa shape index (κ2) is 8.25. The van der Waals surface area contributed by atoms with Crippen LogP contribution in [0.1, 0.15) is 64.6 Å². The number of fused-ring (bicyclic) bond motifs is 2. The average Bonchev–Trinajstić information content (AvgIpc) is 3.52. The van der Waals surface area contributed by atoms with E-state index in [0.29, 0.717) is 36.9 Å². The number of thiophene rings is 1. The van der Waals surface area contributed by atoms with Gasteiger partial charge in [-0.05, 0) is 61.2 Å². The number of anilines is 1. The maximum atomic E-state index is 13.5. The molecule has 2 aliphatic heterocycles. The van der Waals surface area contributed by atoms with E-state index in [0.717, 1.165) is 49.0 Å². The van der Waals surface area contributed by atoms with Gasteiger partial charge >= 0.3 is 0 Å². The zero-order valence-electron chi connectivity index (χ0n) is 18.8. The molecule has 2 fully saturated rings. The van der Waals surface area contributed by atoms with Crippen molar-refractivity contribution in [1.82, 2.24) is 14.5 Å². The maximum Gasteiger partial charge on any atom is 0.254 e. The van der Waals surface area contributed by atoms with Gasteiger partial charge in [-0.3, -0.25) is 9.59 Å². The van der Waals surface area contributed by atoms with E-state index in [1.807, 2.05) is 24.1 Å². The number of benzene rings is 1. The molecule has 172 valence electrons. The molecule has 1 saturated carbocycles. The lowest BCUT2D eigenvalue weighted by Gasteiger charge is -2.27. The van der Waals surface area contributed by atoms with E-state index in [4.69, 9.17) is 9.72 Å². The Morgan fingerprint density at radius 2 is 2.09 bits per heavy atom. The van der Waals surface area contributed by atoms with Gasteiger partial charge in [0.05, 0.1) is 16.7 Å². The van der Waals surface area contributed by atoms with Crippen LogP contribution in [-0.4, -0.2) is 45.5 Å². The molecule has 1 atom stereocenters. The van der Waals surface area contributed by atoms with Crippen molar-refractivity contribution in [2.45, 2.75) is 57.1 Å². The quantitative estimate of drug-likeness (QED) is 0.627. The lowest BCUT2D eigenvalue weighted by Crippen LogP contribution is -2.35. The van der Waals surface area contributed by atoms with Crippen molar-refractivity contribution in [3.05, 3.63) is 45.4 Å². The van der Waals surface area contributed by atoms with Crippen LogP contribution in [0.25, 0.3) is 11.0 Å². The van der Waals surface area contributed by atoms with Gasteiger partial charge in [-0.1, -0.05) is 6.42 Å². The number of carbonyl (C=O) groups is 2. The van der Waals surface area contributed by atoms with E-state index in [-0.39, 0.29) is 11.8 Å². The van der Waals surface area contributed by atoms with Crippen molar-refractivity contribution in [1.29, 1.82) is 0 Å². The second-order valence-electron chi connectivity index (χ2n) is 9.39. The first-order valence-electron chi connectivity index (χ1n) is 11.9. The summed E-state index contributed by atoms with van der Waals surface area (Å²) in [4.78, 5) is 34.6. The molecule has 3 aliphatic rings. The van der Waals surface area contributed by atoms with Gasteiger partial charge in [0.25, 0.3) is 11.8 Å². The Balaban J connectivity index is 1.37. The predicted molar refractivity (Wildman–Crippen MR) is 128 cm³/mol. The highest BCUT2D eigenvalue weighted by Crippen LogP contribution is 2.38. The number of carbonyl (C=O) groups excluding carboxylic acids is 2. The molecule has 7 nitrogen and oxygen atoms in total. The number of ether oxygens (including phenoxy) is 1. The third-order valence-corrected chi connectivity index (χ3v) is 8.32. The Bertz CT molecular complexity index is 1240. The first kappa shape index (κ1) is 20.9. The Morgan fingerprint density at radius 3 is 2.85 bits per heavy atom. The van der Waals surface area contributed by atoms with E-state index in [2.05, 4.69) is 21.3 Å². The van der Waals surface area contributed by atoms with Crippen LogP contribution in [0.3, 0.4) is 0 Å². The summed E-state index contributed by atoms with van der Waals surface area (Å²) >= 11 is 1.76. The van der Waals surface area contributed by atoms with E-state index >= 15 is 0 Å². The molecule has 3 aromatic rings.